The molecular weight excluding hydrogens is 304 g/mol. The number of benzene rings is 2. The predicted molar refractivity (Wildman–Crippen MR) is 88.3 cm³/mol. The quantitative estimate of drug-likeness (QED) is 0.862. The minimum atomic E-state index is -0.413. The van der Waals surface area contributed by atoms with Crippen molar-refractivity contribution in [2.24, 2.45) is 5.18 Å². The van der Waals surface area contributed by atoms with Crippen molar-refractivity contribution in [3.63, 3.8) is 0 Å². The van der Waals surface area contributed by atoms with Crippen LogP contribution in [0.15, 0.2) is 47.6 Å². The average molecular weight is 318 g/mol. The van der Waals surface area contributed by atoms with Crippen molar-refractivity contribution in [2.75, 3.05) is 11.4 Å². The highest BCUT2D eigenvalue weighted by atomic mass is 16.3. The second kappa shape index (κ2) is 5.46. The lowest BCUT2D eigenvalue weighted by Gasteiger charge is -2.43. The molecule has 1 amide bonds. The minimum Gasteiger partial charge on any atom is -0.346 e. The summed E-state index contributed by atoms with van der Waals surface area (Å²) in [5.41, 5.74) is 3.66. The average Bonchev–Trinajstić information content (AvgIpc) is 2.64. The fourth-order valence-electron chi connectivity index (χ4n) is 3.51. The molecule has 6 heteroatoms. The van der Waals surface area contributed by atoms with Gasteiger partial charge in [-0.3, -0.25) is 4.79 Å². The second-order valence-electron chi connectivity index (χ2n) is 5.96. The normalized spacial score (nSPS) is 21.5. The summed E-state index contributed by atoms with van der Waals surface area (Å²) < 4.78 is 0. The van der Waals surface area contributed by atoms with Gasteiger partial charge in [-0.1, -0.05) is 29.4 Å². The monoisotopic (exact) mass is 318 g/mol. The van der Waals surface area contributed by atoms with E-state index in [4.69, 9.17) is 5.26 Å². The molecule has 0 bridgehead atoms. The number of nitrogens with one attached hydrogen (secondary N) is 1. The van der Waals surface area contributed by atoms with Crippen LogP contribution < -0.4 is 10.2 Å². The Morgan fingerprint density at radius 2 is 2.00 bits per heavy atom. The van der Waals surface area contributed by atoms with Gasteiger partial charge in [-0.05, 0) is 30.2 Å². The Kier molecular flexibility index (Phi) is 3.28. The number of para-hydroxylation sites is 1. The first kappa shape index (κ1) is 14.4. The predicted octanol–water partition coefficient (Wildman–Crippen LogP) is 3.02. The number of nitrogens with zero attached hydrogens (tertiary/aromatic N) is 3. The molecule has 4 rings (SSSR count). The lowest BCUT2D eigenvalue weighted by Crippen LogP contribution is -2.49. The number of nitroso groups, excluding NO2 is 1. The van der Waals surface area contributed by atoms with Crippen LogP contribution in [0.1, 0.15) is 45.7 Å². The standard InChI is InChI=1S/C18H14N4O2/c19-10-11-4-6-12(7-5-11)17-20-18(23)14-3-1-2-13-15(21-24)8-9-22(17)16(13)14/h1-7,15,17H,8-9H2,(H,20,23). The third-order valence-corrected chi connectivity index (χ3v) is 4.66. The molecule has 0 aromatic heterocycles. The molecule has 2 unspecified atom stereocenters. The van der Waals surface area contributed by atoms with Crippen LogP contribution in [-0.2, 0) is 0 Å². The lowest BCUT2D eigenvalue weighted by molar-refractivity contribution is 0.0925. The summed E-state index contributed by atoms with van der Waals surface area (Å²) in [7, 11) is 0. The zero-order valence-electron chi connectivity index (χ0n) is 12.8. The number of carbonyl (C=O) groups excluding carboxylic acids is 1. The van der Waals surface area contributed by atoms with E-state index >= 15 is 0 Å². The van der Waals surface area contributed by atoms with Crippen LogP contribution in [0.4, 0.5) is 5.69 Å². The first-order chi connectivity index (χ1) is 11.7. The van der Waals surface area contributed by atoms with Gasteiger partial charge in [0, 0.05) is 12.1 Å². The van der Waals surface area contributed by atoms with Crippen molar-refractivity contribution in [1.82, 2.24) is 5.32 Å². The number of anilines is 1. The number of amides is 1. The lowest BCUT2D eigenvalue weighted by atomic mass is 9.90. The van der Waals surface area contributed by atoms with Gasteiger partial charge in [-0.15, -0.1) is 0 Å². The fraction of sp³-hybridized carbons (Fsp3) is 0.222. The topological polar surface area (TPSA) is 85.6 Å². The van der Waals surface area contributed by atoms with Gasteiger partial charge >= 0.3 is 0 Å². The summed E-state index contributed by atoms with van der Waals surface area (Å²) in [6, 6.07) is 14.3. The maximum atomic E-state index is 12.5. The molecule has 1 N–H and O–H groups in total. The SMILES string of the molecule is N#Cc1ccc(C2NC(=O)c3cccc4c3N2CCC4N=O)cc1. The Bertz CT molecular complexity index is 870. The molecule has 2 aliphatic rings. The van der Waals surface area contributed by atoms with E-state index in [9.17, 15) is 9.70 Å². The van der Waals surface area contributed by atoms with Crippen LogP contribution >= 0.6 is 0 Å². The Morgan fingerprint density at radius 3 is 2.71 bits per heavy atom. The highest BCUT2D eigenvalue weighted by Crippen LogP contribution is 2.43. The van der Waals surface area contributed by atoms with E-state index in [0.717, 1.165) is 16.8 Å². The van der Waals surface area contributed by atoms with Crippen molar-refractivity contribution in [3.8, 4) is 6.07 Å². The number of nitriles is 1. The fourth-order valence-corrected chi connectivity index (χ4v) is 3.51. The van der Waals surface area contributed by atoms with E-state index < -0.39 is 6.04 Å². The van der Waals surface area contributed by atoms with Crippen LogP contribution in [0.5, 0.6) is 0 Å². The smallest absolute Gasteiger partial charge is 0.255 e. The van der Waals surface area contributed by atoms with Crippen LogP contribution in [-0.4, -0.2) is 12.5 Å². The number of hydrogen-bond acceptors (Lipinski definition) is 5. The maximum Gasteiger partial charge on any atom is 0.255 e. The Hall–Kier alpha value is -3.20. The van der Waals surface area contributed by atoms with Crippen molar-refractivity contribution in [3.05, 3.63) is 69.6 Å². The molecule has 2 aromatic rings. The molecule has 0 saturated heterocycles. The highest BCUT2D eigenvalue weighted by molar-refractivity contribution is 6.03. The molecule has 0 fully saturated rings. The second-order valence-corrected chi connectivity index (χ2v) is 5.96. The summed E-state index contributed by atoms with van der Waals surface area (Å²) in [5, 5.41) is 15.2. The summed E-state index contributed by atoms with van der Waals surface area (Å²) in [5.74, 6) is -0.163. The van der Waals surface area contributed by atoms with E-state index in [1.54, 1.807) is 24.3 Å². The van der Waals surface area contributed by atoms with Crippen LogP contribution in [0.2, 0.25) is 0 Å². The van der Waals surface area contributed by atoms with Crippen LogP contribution in [0.25, 0.3) is 0 Å². The van der Waals surface area contributed by atoms with Gasteiger partial charge in [0.2, 0.25) is 0 Å². The summed E-state index contributed by atoms with van der Waals surface area (Å²) >= 11 is 0. The van der Waals surface area contributed by atoms with Gasteiger partial charge in [-0.2, -0.15) is 10.2 Å². The van der Waals surface area contributed by atoms with Gasteiger partial charge in [0.25, 0.3) is 5.91 Å². The van der Waals surface area contributed by atoms with Gasteiger partial charge in [0.05, 0.1) is 22.9 Å². The van der Waals surface area contributed by atoms with Gasteiger partial charge in [0.1, 0.15) is 12.2 Å². The molecule has 2 aromatic carbocycles. The Morgan fingerprint density at radius 1 is 1.21 bits per heavy atom. The van der Waals surface area contributed by atoms with Crippen molar-refractivity contribution >= 4 is 11.6 Å². The Labute approximate surface area is 138 Å². The minimum absolute atomic E-state index is 0.163. The molecule has 0 radical (unpaired) electrons. The van der Waals surface area contributed by atoms with Gasteiger partial charge < -0.3 is 10.2 Å². The highest BCUT2D eigenvalue weighted by Gasteiger charge is 2.38. The van der Waals surface area contributed by atoms with Crippen molar-refractivity contribution < 1.29 is 4.79 Å². The van der Waals surface area contributed by atoms with Gasteiger partial charge in [-0.25, -0.2) is 0 Å². The maximum absolute atomic E-state index is 12.5. The number of carbonyl (C=O) groups is 1. The van der Waals surface area contributed by atoms with Crippen molar-refractivity contribution in [2.45, 2.75) is 18.6 Å². The summed E-state index contributed by atoms with van der Waals surface area (Å²) in [6.07, 6.45) is 0.300. The van der Waals surface area contributed by atoms with E-state index in [2.05, 4.69) is 21.5 Å². The molecular formula is C18H14N4O2. The summed E-state index contributed by atoms with van der Waals surface area (Å²) in [4.78, 5) is 25.8. The third-order valence-electron chi connectivity index (χ3n) is 4.66. The zero-order chi connectivity index (χ0) is 16.7. The van der Waals surface area contributed by atoms with E-state index in [-0.39, 0.29) is 12.1 Å². The molecule has 2 atom stereocenters. The molecule has 2 heterocycles. The first-order valence-electron chi connectivity index (χ1n) is 7.76. The molecule has 118 valence electrons. The number of hydrogen-bond donors (Lipinski definition) is 1. The molecule has 24 heavy (non-hydrogen) atoms. The van der Waals surface area contributed by atoms with Crippen LogP contribution in [0.3, 0.4) is 0 Å². The van der Waals surface area contributed by atoms with Crippen LogP contribution in [0, 0.1) is 16.2 Å². The third kappa shape index (κ3) is 2.06. The van der Waals surface area contributed by atoms with E-state index in [0.29, 0.717) is 24.1 Å². The number of rotatable bonds is 2. The molecule has 0 aliphatic carbocycles. The summed E-state index contributed by atoms with van der Waals surface area (Å²) in [6.45, 7) is 0.630. The van der Waals surface area contributed by atoms with E-state index in [1.807, 2.05) is 18.2 Å². The zero-order valence-corrected chi connectivity index (χ0v) is 12.8. The van der Waals surface area contributed by atoms with Gasteiger partial charge in [0.15, 0.2) is 0 Å². The van der Waals surface area contributed by atoms with E-state index in [1.165, 1.54) is 0 Å². The first-order valence-corrected chi connectivity index (χ1v) is 7.76. The largest absolute Gasteiger partial charge is 0.346 e. The molecule has 2 aliphatic heterocycles. The molecule has 6 nitrogen and oxygen atoms in total. The molecule has 0 spiro atoms. The van der Waals surface area contributed by atoms with Crippen molar-refractivity contribution in [1.29, 1.82) is 5.26 Å². The Balaban J connectivity index is 1.83. The molecule has 0 saturated carbocycles.